The molecule has 1 saturated heterocycles. The van der Waals surface area contributed by atoms with Crippen molar-refractivity contribution in [2.45, 2.75) is 33.2 Å². The number of anilines is 1. The Morgan fingerprint density at radius 1 is 1.03 bits per heavy atom. The predicted octanol–water partition coefficient (Wildman–Crippen LogP) is 3.96. The third-order valence-electron chi connectivity index (χ3n) is 5.92. The molecule has 1 fully saturated rings. The van der Waals surface area contributed by atoms with Crippen LogP contribution in [0.25, 0.3) is 0 Å². The van der Waals surface area contributed by atoms with Crippen molar-refractivity contribution in [3.05, 3.63) is 53.6 Å². The number of nitrogens with zero attached hydrogens (tertiary/aromatic N) is 1. The van der Waals surface area contributed by atoms with Crippen LogP contribution in [0, 0.1) is 12.3 Å². The molecule has 0 atom stereocenters. The van der Waals surface area contributed by atoms with Gasteiger partial charge >= 0.3 is 6.03 Å². The molecule has 3 amide bonds. The second kappa shape index (κ2) is 9.73. The van der Waals surface area contributed by atoms with E-state index < -0.39 is 5.41 Å². The van der Waals surface area contributed by atoms with Crippen LogP contribution in [0.1, 0.15) is 30.9 Å². The number of ether oxygens (including phenoxy) is 2. The van der Waals surface area contributed by atoms with Crippen molar-refractivity contribution < 1.29 is 19.1 Å². The zero-order valence-corrected chi connectivity index (χ0v) is 18.7. The molecule has 7 nitrogen and oxygen atoms in total. The fraction of sp³-hybridized carbons (Fsp3) is 0.417. The molecule has 2 aromatic carbocycles. The lowest BCUT2D eigenvalue weighted by molar-refractivity contribution is -0.132. The summed E-state index contributed by atoms with van der Waals surface area (Å²) in [5.74, 6) is 1.22. The van der Waals surface area contributed by atoms with E-state index in [0.29, 0.717) is 49.7 Å². The highest BCUT2D eigenvalue weighted by Gasteiger charge is 2.38. The quantitative estimate of drug-likeness (QED) is 0.734. The molecule has 2 aromatic rings. The maximum Gasteiger partial charge on any atom is 0.321 e. The summed E-state index contributed by atoms with van der Waals surface area (Å²) in [5.41, 5.74) is 2.33. The van der Waals surface area contributed by atoms with E-state index in [-0.39, 0.29) is 11.9 Å². The number of hydrogen-bond donors (Lipinski definition) is 2. The number of piperidine rings is 1. The topological polar surface area (TPSA) is 79.9 Å². The van der Waals surface area contributed by atoms with Gasteiger partial charge in [-0.25, -0.2) is 4.79 Å². The smallest absolute Gasteiger partial charge is 0.321 e. The number of rotatable bonds is 6. The van der Waals surface area contributed by atoms with Crippen LogP contribution in [0.5, 0.6) is 11.5 Å². The molecule has 0 aromatic heterocycles. The molecular weight excluding hydrogens is 394 g/mol. The van der Waals surface area contributed by atoms with Crippen LogP contribution in [0.15, 0.2) is 42.5 Å². The number of urea groups is 1. The lowest BCUT2D eigenvalue weighted by Gasteiger charge is -2.38. The number of amides is 3. The van der Waals surface area contributed by atoms with Crippen molar-refractivity contribution >= 4 is 17.6 Å². The summed E-state index contributed by atoms with van der Waals surface area (Å²) in [6, 6.07) is 13.2. The molecule has 3 rings (SSSR count). The van der Waals surface area contributed by atoms with Crippen LogP contribution in [0.4, 0.5) is 10.5 Å². The van der Waals surface area contributed by atoms with Gasteiger partial charge < -0.3 is 25.0 Å². The molecule has 1 heterocycles. The SMILES string of the molecule is COc1ccc(OC)c(NC(=O)N2CCC(C)(C(=O)NCc3ccc(C)cc3)CC2)c1. The first-order chi connectivity index (χ1) is 14.8. The number of likely N-dealkylation sites (tertiary alicyclic amines) is 1. The van der Waals surface area contributed by atoms with Crippen LogP contribution in [-0.4, -0.2) is 44.1 Å². The Kier molecular flexibility index (Phi) is 7.05. The first-order valence-electron chi connectivity index (χ1n) is 10.5. The molecule has 0 spiro atoms. The third-order valence-corrected chi connectivity index (χ3v) is 5.92. The van der Waals surface area contributed by atoms with Gasteiger partial charge in [-0.1, -0.05) is 36.8 Å². The van der Waals surface area contributed by atoms with Crippen molar-refractivity contribution in [2.24, 2.45) is 5.41 Å². The van der Waals surface area contributed by atoms with Crippen LogP contribution >= 0.6 is 0 Å². The molecule has 2 N–H and O–H groups in total. The Bertz CT molecular complexity index is 919. The average molecular weight is 426 g/mol. The van der Waals surface area contributed by atoms with E-state index in [1.54, 1.807) is 37.3 Å². The number of nitrogens with one attached hydrogen (secondary N) is 2. The molecule has 0 radical (unpaired) electrons. The average Bonchev–Trinajstić information content (AvgIpc) is 2.78. The monoisotopic (exact) mass is 425 g/mol. The lowest BCUT2D eigenvalue weighted by Crippen LogP contribution is -2.49. The maximum absolute atomic E-state index is 12.8. The fourth-order valence-corrected chi connectivity index (χ4v) is 3.64. The van der Waals surface area contributed by atoms with E-state index in [1.807, 2.05) is 38.1 Å². The second-order valence-electron chi connectivity index (χ2n) is 8.21. The Hall–Kier alpha value is -3.22. The van der Waals surface area contributed by atoms with E-state index >= 15 is 0 Å². The van der Waals surface area contributed by atoms with Crippen LogP contribution in [0.2, 0.25) is 0 Å². The maximum atomic E-state index is 12.8. The third kappa shape index (κ3) is 5.48. The molecule has 1 aliphatic heterocycles. The molecule has 31 heavy (non-hydrogen) atoms. The van der Waals surface area contributed by atoms with Gasteiger partial charge in [-0.15, -0.1) is 0 Å². The molecular formula is C24H31N3O4. The second-order valence-corrected chi connectivity index (χ2v) is 8.21. The van der Waals surface area contributed by atoms with Gasteiger partial charge in [-0.2, -0.15) is 0 Å². The Morgan fingerprint density at radius 3 is 2.32 bits per heavy atom. The number of aryl methyl sites for hydroxylation is 1. The zero-order chi connectivity index (χ0) is 22.4. The normalized spacial score (nSPS) is 15.2. The van der Waals surface area contributed by atoms with E-state index in [4.69, 9.17) is 9.47 Å². The van der Waals surface area contributed by atoms with Gasteiger partial charge in [0.15, 0.2) is 0 Å². The largest absolute Gasteiger partial charge is 0.497 e. The molecule has 1 aliphatic rings. The molecule has 166 valence electrons. The predicted molar refractivity (Wildman–Crippen MR) is 121 cm³/mol. The highest BCUT2D eigenvalue weighted by molar-refractivity contribution is 5.91. The van der Waals surface area contributed by atoms with Crippen molar-refractivity contribution in [1.29, 1.82) is 0 Å². The van der Waals surface area contributed by atoms with E-state index in [0.717, 1.165) is 5.56 Å². The summed E-state index contributed by atoms with van der Waals surface area (Å²) in [6.07, 6.45) is 1.21. The number of methoxy groups -OCH3 is 2. The van der Waals surface area contributed by atoms with Crippen molar-refractivity contribution in [3.8, 4) is 11.5 Å². The highest BCUT2D eigenvalue weighted by atomic mass is 16.5. The molecule has 7 heteroatoms. The summed E-state index contributed by atoms with van der Waals surface area (Å²) in [6.45, 7) is 5.53. The fourth-order valence-electron chi connectivity index (χ4n) is 3.64. The Balaban J connectivity index is 1.55. The van der Waals surface area contributed by atoms with Crippen LogP contribution in [0.3, 0.4) is 0 Å². The van der Waals surface area contributed by atoms with Gasteiger partial charge in [0.05, 0.1) is 19.9 Å². The minimum absolute atomic E-state index is 0.0302. The number of carbonyl (C=O) groups is 2. The summed E-state index contributed by atoms with van der Waals surface area (Å²) in [4.78, 5) is 27.3. The summed E-state index contributed by atoms with van der Waals surface area (Å²) in [7, 11) is 3.13. The van der Waals surface area contributed by atoms with Gasteiger partial charge in [-0.05, 0) is 37.5 Å². The minimum Gasteiger partial charge on any atom is -0.497 e. The van der Waals surface area contributed by atoms with Crippen molar-refractivity contribution in [2.75, 3.05) is 32.6 Å². The van der Waals surface area contributed by atoms with Gasteiger partial charge in [0, 0.05) is 31.1 Å². The van der Waals surface area contributed by atoms with Crippen molar-refractivity contribution in [3.63, 3.8) is 0 Å². The zero-order valence-electron chi connectivity index (χ0n) is 18.7. The molecule has 0 saturated carbocycles. The Labute approximate surface area is 183 Å². The molecule has 0 bridgehead atoms. The van der Waals surface area contributed by atoms with E-state index in [9.17, 15) is 9.59 Å². The minimum atomic E-state index is -0.491. The standard InChI is InChI=1S/C24H31N3O4/c1-17-5-7-18(8-6-17)16-25-22(28)24(2)11-13-27(14-12-24)23(29)26-20-15-19(30-3)9-10-21(20)31-4/h5-10,15H,11-14,16H2,1-4H3,(H,25,28)(H,26,29). The number of carbonyl (C=O) groups excluding carboxylic acids is 2. The first-order valence-corrected chi connectivity index (χ1v) is 10.5. The lowest BCUT2D eigenvalue weighted by atomic mass is 9.79. The number of benzene rings is 2. The van der Waals surface area contributed by atoms with E-state index in [2.05, 4.69) is 10.6 Å². The first kappa shape index (κ1) is 22.5. The highest BCUT2D eigenvalue weighted by Crippen LogP contribution is 2.33. The van der Waals surface area contributed by atoms with Gasteiger partial charge in [0.1, 0.15) is 11.5 Å². The number of hydrogen-bond acceptors (Lipinski definition) is 4. The van der Waals surface area contributed by atoms with Gasteiger partial charge in [0.25, 0.3) is 0 Å². The van der Waals surface area contributed by atoms with E-state index in [1.165, 1.54) is 5.56 Å². The summed E-state index contributed by atoms with van der Waals surface area (Å²) >= 11 is 0. The Morgan fingerprint density at radius 2 is 1.71 bits per heavy atom. The van der Waals surface area contributed by atoms with Crippen molar-refractivity contribution in [1.82, 2.24) is 10.2 Å². The van der Waals surface area contributed by atoms with Crippen LogP contribution < -0.4 is 20.1 Å². The summed E-state index contributed by atoms with van der Waals surface area (Å²) in [5, 5.41) is 5.95. The van der Waals surface area contributed by atoms with Crippen LogP contribution in [-0.2, 0) is 11.3 Å². The molecule has 0 unspecified atom stereocenters. The van der Waals surface area contributed by atoms with Gasteiger partial charge in [-0.3, -0.25) is 4.79 Å². The molecule has 0 aliphatic carbocycles. The summed E-state index contributed by atoms with van der Waals surface area (Å²) < 4.78 is 10.6. The van der Waals surface area contributed by atoms with Gasteiger partial charge in [0.2, 0.25) is 5.91 Å².